The number of aromatic hydroxyl groups is 1. The maximum atomic E-state index is 11.2. The molecule has 0 unspecified atom stereocenters. The minimum Gasteiger partial charge on any atom is -0.506 e. The smallest absolute Gasteiger partial charge is 0.335 e. The number of benzene rings is 1. The van der Waals surface area contributed by atoms with E-state index in [1.54, 1.807) is 0 Å². The summed E-state index contributed by atoms with van der Waals surface area (Å²) in [6, 6.07) is 1.10. The van der Waals surface area contributed by atoms with E-state index in [0.717, 1.165) is 13.2 Å². The summed E-state index contributed by atoms with van der Waals surface area (Å²) < 4.78 is 4.57. The van der Waals surface area contributed by atoms with Gasteiger partial charge in [-0.25, -0.2) is 4.79 Å². The molecular formula is C10H10BrNO5. The summed E-state index contributed by atoms with van der Waals surface area (Å²) in [7, 11) is 1.15. The topological polar surface area (TPSA) is 110 Å². The number of carboxylic acids is 1. The zero-order valence-electron chi connectivity index (χ0n) is 8.81. The molecule has 0 fully saturated rings. The van der Waals surface area contributed by atoms with Crippen LogP contribution in [0.4, 0.5) is 0 Å². The zero-order chi connectivity index (χ0) is 13.2. The van der Waals surface area contributed by atoms with Crippen molar-refractivity contribution >= 4 is 27.9 Å². The summed E-state index contributed by atoms with van der Waals surface area (Å²) in [5, 5.41) is 18.5. The lowest BCUT2D eigenvalue weighted by atomic mass is 10.0. The molecule has 1 aromatic rings. The summed E-state index contributed by atoms with van der Waals surface area (Å²) in [5.41, 5.74) is 5.44. The van der Waals surface area contributed by atoms with Crippen LogP contribution in [0.5, 0.6) is 5.75 Å². The third-order valence-corrected chi connectivity index (χ3v) is 2.73. The lowest BCUT2D eigenvalue weighted by Gasteiger charge is -2.13. The van der Waals surface area contributed by atoms with Gasteiger partial charge in [-0.3, -0.25) is 4.79 Å². The van der Waals surface area contributed by atoms with Crippen molar-refractivity contribution in [3.63, 3.8) is 0 Å². The Morgan fingerprint density at radius 3 is 2.53 bits per heavy atom. The van der Waals surface area contributed by atoms with Crippen molar-refractivity contribution in [3.8, 4) is 5.75 Å². The van der Waals surface area contributed by atoms with E-state index in [-0.39, 0.29) is 21.3 Å². The van der Waals surface area contributed by atoms with Gasteiger partial charge in [-0.2, -0.15) is 0 Å². The molecule has 0 spiro atoms. The molecule has 6 nitrogen and oxygen atoms in total. The predicted molar refractivity (Wildman–Crippen MR) is 61.7 cm³/mol. The SMILES string of the molecule is COC(=O)[C@@H](N)c1cc(C(=O)O)cc(Br)c1O. The number of methoxy groups -OCH3 is 1. The first kappa shape index (κ1) is 13.5. The number of aromatic carboxylic acids is 1. The molecule has 0 aliphatic carbocycles. The highest BCUT2D eigenvalue weighted by atomic mass is 79.9. The van der Waals surface area contributed by atoms with Gasteiger partial charge in [0.2, 0.25) is 0 Å². The average molecular weight is 304 g/mol. The maximum Gasteiger partial charge on any atom is 0.335 e. The van der Waals surface area contributed by atoms with Crippen LogP contribution in [-0.4, -0.2) is 29.3 Å². The van der Waals surface area contributed by atoms with Gasteiger partial charge in [-0.15, -0.1) is 0 Å². The van der Waals surface area contributed by atoms with Crippen LogP contribution in [0.1, 0.15) is 22.0 Å². The number of phenolic OH excluding ortho intramolecular Hbond substituents is 1. The Morgan fingerprint density at radius 1 is 1.47 bits per heavy atom. The number of halogens is 1. The Balaban J connectivity index is 3.31. The number of carboxylic acid groups (broad SMARTS) is 1. The molecule has 1 aromatic carbocycles. The summed E-state index contributed by atoms with van der Waals surface area (Å²) in [6.07, 6.45) is 0. The van der Waals surface area contributed by atoms with Gasteiger partial charge in [0, 0.05) is 5.56 Å². The highest BCUT2D eigenvalue weighted by Crippen LogP contribution is 2.33. The molecule has 0 aliphatic heterocycles. The number of hydrogen-bond acceptors (Lipinski definition) is 5. The Bertz CT molecular complexity index is 474. The molecule has 0 saturated heterocycles. The van der Waals surface area contributed by atoms with Crippen molar-refractivity contribution in [2.24, 2.45) is 5.73 Å². The largest absolute Gasteiger partial charge is 0.506 e. The molecule has 1 rings (SSSR count). The number of phenols is 1. The lowest BCUT2D eigenvalue weighted by molar-refractivity contribution is -0.142. The molecule has 0 amide bonds. The molecule has 4 N–H and O–H groups in total. The van der Waals surface area contributed by atoms with E-state index < -0.39 is 18.0 Å². The summed E-state index contributed by atoms with van der Waals surface area (Å²) in [5.74, 6) is -2.24. The molecule has 0 radical (unpaired) electrons. The summed E-state index contributed by atoms with van der Waals surface area (Å²) >= 11 is 2.98. The number of nitrogens with two attached hydrogens (primary N) is 1. The van der Waals surface area contributed by atoms with Crippen LogP contribution in [-0.2, 0) is 9.53 Å². The van der Waals surface area contributed by atoms with E-state index in [2.05, 4.69) is 20.7 Å². The lowest BCUT2D eigenvalue weighted by Crippen LogP contribution is -2.23. The number of carbonyl (C=O) groups is 2. The maximum absolute atomic E-state index is 11.2. The first-order valence-electron chi connectivity index (χ1n) is 4.47. The van der Waals surface area contributed by atoms with Crippen molar-refractivity contribution in [2.75, 3.05) is 7.11 Å². The second kappa shape index (κ2) is 5.15. The molecule has 0 heterocycles. The monoisotopic (exact) mass is 303 g/mol. The fraction of sp³-hybridized carbons (Fsp3) is 0.200. The minimum absolute atomic E-state index is 0.0105. The number of carbonyl (C=O) groups excluding carboxylic acids is 1. The minimum atomic E-state index is -1.24. The summed E-state index contributed by atoms with van der Waals surface area (Å²) in [6.45, 7) is 0. The first-order valence-corrected chi connectivity index (χ1v) is 5.27. The second-order valence-electron chi connectivity index (χ2n) is 3.20. The van der Waals surface area contributed by atoms with Crippen LogP contribution >= 0.6 is 15.9 Å². The third kappa shape index (κ3) is 2.75. The fourth-order valence-corrected chi connectivity index (χ4v) is 1.71. The Labute approximate surface area is 105 Å². The summed E-state index contributed by atoms with van der Waals surface area (Å²) in [4.78, 5) is 22.1. The normalized spacial score (nSPS) is 11.9. The molecule has 1 atom stereocenters. The molecule has 0 bridgehead atoms. The van der Waals surface area contributed by atoms with Crippen LogP contribution in [0.25, 0.3) is 0 Å². The van der Waals surface area contributed by atoms with Gasteiger partial charge in [0.15, 0.2) is 0 Å². The fourth-order valence-electron chi connectivity index (χ4n) is 1.23. The molecule has 0 aromatic heterocycles. The van der Waals surface area contributed by atoms with E-state index in [0.29, 0.717) is 0 Å². The molecule has 17 heavy (non-hydrogen) atoms. The zero-order valence-corrected chi connectivity index (χ0v) is 10.4. The van der Waals surface area contributed by atoms with Gasteiger partial charge < -0.3 is 20.7 Å². The van der Waals surface area contributed by atoms with Gasteiger partial charge in [-0.1, -0.05) is 0 Å². The molecule has 92 valence electrons. The second-order valence-corrected chi connectivity index (χ2v) is 4.06. The van der Waals surface area contributed by atoms with Crippen LogP contribution in [0.2, 0.25) is 0 Å². The first-order chi connectivity index (χ1) is 7.88. The van der Waals surface area contributed by atoms with Crippen LogP contribution in [0.15, 0.2) is 16.6 Å². The number of rotatable bonds is 3. The van der Waals surface area contributed by atoms with Gasteiger partial charge in [-0.05, 0) is 28.1 Å². The number of ether oxygens (including phenoxy) is 1. The van der Waals surface area contributed by atoms with E-state index in [4.69, 9.17) is 10.8 Å². The Morgan fingerprint density at radius 2 is 2.06 bits per heavy atom. The van der Waals surface area contributed by atoms with Crippen molar-refractivity contribution in [1.82, 2.24) is 0 Å². The van der Waals surface area contributed by atoms with Crippen LogP contribution in [0, 0.1) is 0 Å². The van der Waals surface area contributed by atoms with Crippen molar-refractivity contribution in [1.29, 1.82) is 0 Å². The van der Waals surface area contributed by atoms with Crippen molar-refractivity contribution < 1.29 is 24.5 Å². The molecule has 0 saturated carbocycles. The molecule has 0 aliphatic rings. The Hall–Kier alpha value is -1.60. The van der Waals surface area contributed by atoms with E-state index >= 15 is 0 Å². The highest BCUT2D eigenvalue weighted by molar-refractivity contribution is 9.10. The highest BCUT2D eigenvalue weighted by Gasteiger charge is 2.23. The van der Waals surface area contributed by atoms with Crippen LogP contribution < -0.4 is 5.73 Å². The van der Waals surface area contributed by atoms with Gasteiger partial charge in [0.1, 0.15) is 11.8 Å². The standard InChI is InChI=1S/C10H10BrNO5/c1-17-10(16)7(12)5-2-4(9(14)15)3-6(11)8(5)13/h2-3,7,13H,12H2,1H3,(H,14,15)/t7-/m0/s1. The average Bonchev–Trinajstić information content (AvgIpc) is 2.30. The van der Waals surface area contributed by atoms with E-state index in [1.165, 1.54) is 6.07 Å². The number of hydrogen-bond donors (Lipinski definition) is 3. The van der Waals surface area contributed by atoms with E-state index in [1.807, 2.05) is 0 Å². The van der Waals surface area contributed by atoms with Gasteiger partial charge in [0.25, 0.3) is 0 Å². The van der Waals surface area contributed by atoms with Crippen LogP contribution in [0.3, 0.4) is 0 Å². The van der Waals surface area contributed by atoms with Gasteiger partial charge in [0.05, 0.1) is 17.1 Å². The van der Waals surface area contributed by atoms with Crippen molar-refractivity contribution in [3.05, 3.63) is 27.7 Å². The molecular weight excluding hydrogens is 294 g/mol. The Kier molecular flexibility index (Phi) is 4.08. The van der Waals surface area contributed by atoms with E-state index in [9.17, 15) is 14.7 Å². The third-order valence-electron chi connectivity index (χ3n) is 2.13. The molecule has 7 heteroatoms. The quantitative estimate of drug-likeness (QED) is 0.719. The van der Waals surface area contributed by atoms with Crippen molar-refractivity contribution in [2.45, 2.75) is 6.04 Å². The predicted octanol–water partition coefficient (Wildman–Crippen LogP) is 1.03. The number of esters is 1. The van der Waals surface area contributed by atoms with Gasteiger partial charge >= 0.3 is 11.9 Å².